The highest BCUT2D eigenvalue weighted by molar-refractivity contribution is 5.97. The van der Waals surface area contributed by atoms with Crippen LogP contribution in [0.3, 0.4) is 0 Å². The maximum absolute atomic E-state index is 14.2. The lowest BCUT2D eigenvalue weighted by Crippen LogP contribution is -2.65. The summed E-state index contributed by atoms with van der Waals surface area (Å²) in [6.07, 6.45) is 7.84. The van der Waals surface area contributed by atoms with Gasteiger partial charge in [-0.1, -0.05) is 0 Å². The number of amides is 1. The second-order valence-corrected chi connectivity index (χ2v) is 11.3. The molecule has 12 heteroatoms. The fraction of sp³-hybridized carbons (Fsp3) is 0.433. The molecule has 0 bridgehead atoms. The molecule has 1 amide bonds. The van der Waals surface area contributed by atoms with Gasteiger partial charge in [0.1, 0.15) is 36.3 Å². The summed E-state index contributed by atoms with van der Waals surface area (Å²) in [5.74, 6) is 1.05. The average molecular weight is 594 g/mol. The largest absolute Gasteiger partial charge is 0.490 e. The zero-order valence-corrected chi connectivity index (χ0v) is 24.4. The van der Waals surface area contributed by atoms with Gasteiger partial charge in [0.25, 0.3) is 5.91 Å². The molecular weight excluding hydrogens is 561 g/mol. The number of benzene rings is 1. The fourth-order valence-electron chi connectivity index (χ4n) is 6.01. The molecule has 0 radical (unpaired) electrons. The van der Waals surface area contributed by atoms with Gasteiger partial charge in [0.15, 0.2) is 11.6 Å². The molecule has 42 heavy (non-hydrogen) atoms. The van der Waals surface area contributed by atoms with Crippen molar-refractivity contribution in [3.8, 4) is 23.3 Å². The standard InChI is InChI=1S/C30H32FN7O3.ClH/c1-19(2)38(10-7-32)29(39)22-11-20(31)3-4-25(22)41-27-15-34-18-36-28(27)37-16-30(17-37)12-21(13-30)40-26-6-9-35-24-5-8-33-14-23(24)26;/h3-4,6,9,11,15,18-19,21,33H,5,8,10,12-14,16-17H2,1-2H3;1H. The SMILES string of the molecule is CC(C)N(CC#N)C(=O)c1cc(F)ccc1Oc1cncnc1N1CC2(CC(Oc3ccnc4c3CNCC4)C2)C1.Cl. The molecule has 0 unspecified atom stereocenters. The second kappa shape index (κ2) is 12.1. The highest BCUT2D eigenvalue weighted by Crippen LogP contribution is 2.52. The van der Waals surface area contributed by atoms with Gasteiger partial charge in [0.2, 0.25) is 0 Å². The van der Waals surface area contributed by atoms with E-state index < -0.39 is 11.7 Å². The van der Waals surface area contributed by atoms with Crippen LogP contribution in [-0.2, 0) is 13.0 Å². The maximum atomic E-state index is 14.2. The monoisotopic (exact) mass is 593 g/mol. The van der Waals surface area contributed by atoms with Crippen molar-refractivity contribution in [2.24, 2.45) is 5.41 Å². The van der Waals surface area contributed by atoms with Crippen molar-refractivity contribution < 1.29 is 18.7 Å². The average Bonchev–Trinajstić information content (AvgIpc) is 2.93. The van der Waals surface area contributed by atoms with Crippen LogP contribution in [0.2, 0.25) is 0 Å². The number of carbonyl (C=O) groups is 1. The minimum atomic E-state index is -0.569. The summed E-state index contributed by atoms with van der Waals surface area (Å²) in [5, 5.41) is 12.6. The zero-order chi connectivity index (χ0) is 28.6. The van der Waals surface area contributed by atoms with Crippen LogP contribution in [0.25, 0.3) is 0 Å². The lowest BCUT2D eigenvalue weighted by molar-refractivity contribution is -0.0349. The molecule has 2 aliphatic heterocycles. The van der Waals surface area contributed by atoms with Crippen LogP contribution in [0.15, 0.2) is 43.0 Å². The van der Waals surface area contributed by atoms with E-state index in [0.29, 0.717) is 11.6 Å². The molecule has 10 nitrogen and oxygen atoms in total. The van der Waals surface area contributed by atoms with E-state index in [1.165, 1.54) is 28.9 Å². The van der Waals surface area contributed by atoms with Gasteiger partial charge in [0.05, 0.1) is 17.8 Å². The summed E-state index contributed by atoms with van der Waals surface area (Å²) >= 11 is 0. The number of rotatable bonds is 8. The first-order valence-electron chi connectivity index (χ1n) is 13.9. The highest BCUT2D eigenvalue weighted by atomic mass is 35.5. The van der Waals surface area contributed by atoms with Crippen LogP contribution in [0.4, 0.5) is 10.2 Å². The Hall–Kier alpha value is -4.01. The Bertz CT molecular complexity index is 1500. The summed E-state index contributed by atoms with van der Waals surface area (Å²) in [7, 11) is 0. The molecule has 1 spiro atoms. The molecule has 1 aromatic carbocycles. The van der Waals surface area contributed by atoms with Gasteiger partial charge in [0, 0.05) is 61.5 Å². The van der Waals surface area contributed by atoms with E-state index in [2.05, 4.69) is 25.2 Å². The predicted octanol–water partition coefficient (Wildman–Crippen LogP) is 4.29. The summed E-state index contributed by atoms with van der Waals surface area (Å²) in [6.45, 7) is 6.82. The van der Waals surface area contributed by atoms with Crippen molar-refractivity contribution in [2.75, 3.05) is 31.1 Å². The van der Waals surface area contributed by atoms with Crippen LogP contribution in [0, 0.1) is 22.6 Å². The topological polar surface area (TPSA) is 116 Å². The van der Waals surface area contributed by atoms with E-state index in [1.807, 2.05) is 18.3 Å². The fourth-order valence-corrected chi connectivity index (χ4v) is 6.01. The summed E-state index contributed by atoms with van der Waals surface area (Å²) < 4.78 is 26.8. The third-order valence-electron chi connectivity index (χ3n) is 8.09. The Morgan fingerprint density at radius 1 is 1.24 bits per heavy atom. The van der Waals surface area contributed by atoms with E-state index in [9.17, 15) is 14.4 Å². The van der Waals surface area contributed by atoms with Gasteiger partial charge in [-0.2, -0.15) is 5.26 Å². The Kier molecular flexibility index (Phi) is 8.48. The molecule has 6 rings (SSSR count). The van der Waals surface area contributed by atoms with E-state index in [-0.39, 0.29) is 47.8 Å². The van der Waals surface area contributed by atoms with Gasteiger partial charge in [-0.15, -0.1) is 12.4 Å². The smallest absolute Gasteiger partial charge is 0.258 e. The van der Waals surface area contributed by atoms with E-state index in [0.717, 1.165) is 63.0 Å². The number of fused-ring (bicyclic) bond motifs is 1. The van der Waals surface area contributed by atoms with Gasteiger partial charge in [-0.25, -0.2) is 14.4 Å². The van der Waals surface area contributed by atoms with Crippen molar-refractivity contribution in [1.82, 2.24) is 25.2 Å². The molecular formula is C30H33ClFN7O3. The number of ether oxygens (including phenoxy) is 2. The lowest BCUT2D eigenvalue weighted by atomic mass is 9.61. The Morgan fingerprint density at radius 3 is 2.81 bits per heavy atom. The minimum Gasteiger partial charge on any atom is -0.490 e. The quantitative estimate of drug-likeness (QED) is 0.382. The predicted molar refractivity (Wildman–Crippen MR) is 155 cm³/mol. The minimum absolute atomic E-state index is 0. The first kappa shape index (κ1) is 29.5. The number of hydrogen-bond donors (Lipinski definition) is 1. The first-order valence-corrected chi connectivity index (χ1v) is 13.9. The number of anilines is 1. The Labute approximate surface area is 250 Å². The molecule has 1 saturated carbocycles. The molecule has 2 aromatic heterocycles. The molecule has 1 saturated heterocycles. The molecule has 4 heterocycles. The van der Waals surface area contributed by atoms with E-state index in [4.69, 9.17) is 9.47 Å². The lowest BCUT2D eigenvalue weighted by Gasteiger charge is -2.59. The number of pyridine rings is 1. The molecule has 1 N–H and O–H groups in total. The van der Waals surface area contributed by atoms with Crippen molar-refractivity contribution in [1.29, 1.82) is 5.26 Å². The highest BCUT2D eigenvalue weighted by Gasteiger charge is 2.54. The molecule has 2 fully saturated rings. The number of nitrogens with zero attached hydrogens (tertiary/aromatic N) is 6. The number of hydrogen-bond acceptors (Lipinski definition) is 9. The summed E-state index contributed by atoms with van der Waals surface area (Å²) in [5.41, 5.74) is 2.48. The van der Waals surface area contributed by atoms with Crippen LogP contribution in [0.1, 0.15) is 48.3 Å². The van der Waals surface area contributed by atoms with Gasteiger partial charge < -0.3 is 24.6 Å². The Balaban J connectivity index is 0.00000353. The first-order chi connectivity index (χ1) is 19.9. The van der Waals surface area contributed by atoms with Crippen LogP contribution in [0.5, 0.6) is 17.2 Å². The van der Waals surface area contributed by atoms with E-state index >= 15 is 0 Å². The summed E-state index contributed by atoms with van der Waals surface area (Å²) in [6, 6.07) is 7.51. The van der Waals surface area contributed by atoms with E-state index in [1.54, 1.807) is 20.0 Å². The zero-order valence-electron chi connectivity index (χ0n) is 23.5. The number of nitriles is 1. The van der Waals surface area contributed by atoms with Crippen LogP contribution in [-0.4, -0.2) is 64.1 Å². The molecule has 220 valence electrons. The molecule has 3 aromatic rings. The van der Waals surface area contributed by atoms with Crippen LogP contribution < -0.4 is 19.7 Å². The number of nitrogens with one attached hydrogen (secondary N) is 1. The van der Waals surface area contributed by atoms with Gasteiger partial charge in [-0.05, 0) is 51.0 Å². The number of aromatic nitrogens is 3. The van der Waals surface area contributed by atoms with Crippen molar-refractivity contribution in [3.63, 3.8) is 0 Å². The maximum Gasteiger partial charge on any atom is 0.258 e. The van der Waals surface area contributed by atoms with Crippen molar-refractivity contribution in [2.45, 2.75) is 51.8 Å². The van der Waals surface area contributed by atoms with Crippen molar-refractivity contribution in [3.05, 3.63) is 65.6 Å². The third-order valence-corrected chi connectivity index (χ3v) is 8.09. The van der Waals surface area contributed by atoms with Gasteiger partial charge >= 0.3 is 0 Å². The molecule has 1 aliphatic carbocycles. The summed E-state index contributed by atoms with van der Waals surface area (Å²) in [4.78, 5) is 29.9. The third kappa shape index (κ3) is 5.69. The van der Waals surface area contributed by atoms with Gasteiger partial charge in [-0.3, -0.25) is 9.78 Å². The molecule has 3 aliphatic rings. The Morgan fingerprint density at radius 2 is 2.05 bits per heavy atom. The normalized spacial score (nSPS) is 16.9. The van der Waals surface area contributed by atoms with Crippen molar-refractivity contribution >= 4 is 24.1 Å². The molecule has 0 atom stereocenters. The number of halogens is 2. The second-order valence-electron chi connectivity index (χ2n) is 11.3. The number of carbonyl (C=O) groups excluding carboxylic acids is 1. The van der Waals surface area contributed by atoms with Crippen LogP contribution >= 0.6 is 12.4 Å².